The number of urea groups is 1. The van der Waals surface area contributed by atoms with Crippen LogP contribution in [0.3, 0.4) is 0 Å². The molecule has 3 rings (SSSR count). The molecule has 1 heterocycles. The Balaban J connectivity index is 1.64. The molecule has 9 heteroatoms. The van der Waals surface area contributed by atoms with Gasteiger partial charge >= 0.3 is 6.03 Å². The van der Waals surface area contributed by atoms with Crippen LogP contribution in [0, 0.1) is 18.7 Å². The number of nitrogens with zero attached hydrogens (tertiary/aromatic N) is 2. The van der Waals surface area contributed by atoms with E-state index in [1.165, 1.54) is 29.5 Å². The average Bonchev–Trinajstić information content (AvgIpc) is 3.14. The highest BCUT2D eigenvalue weighted by molar-refractivity contribution is 7.18. The third kappa shape index (κ3) is 5.60. The van der Waals surface area contributed by atoms with E-state index in [1.54, 1.807) is 6.07 Å². The molecule has 30 heavy (non-hydrogen) atoms. The van der Waals surface area contributed by atoms with Crippen LogP contribution in [0.15, 0.2) is 48.5 Å². The smallest absolute Gasteiger partial charge is 0.319 e. The van der Waals surface area contributed by atoms with Gasteiger partial charge in [-0.15, -0.1) is 10.2 Å². The van der Waals surface area contributed by atoms with Crippen molar-refractivity contribution < 1.29 is 14.0 Å². The first-order valence-electron chi connectivity index (χ1n) is 9.36. The molecule has 0 fully saturated rings. The van der Waals surface area contributed by atoms with Gasteiger partial charge in [0.2, 0.25) is 11.0 Å². The van der Waals surface area contributed by atoms with Gasteiger partial charge in [-0.1, -0.05) is 61.1 Å². The lowest BCUT2D eigenvalue weighted by Gasteiger charge is -2.21. The summed E-state index contributed by atoms with van der Waals surface area (Å²) in [6.07, 6.45) is 0. The zero-order chi connectivity index (χ0) is 21.7. The minimum atomic E-state index is -0.815. The van der Waals surface area contributed by atoms with Gasteiger partial charge in [-0.2, -0.15) is 0 Å². The third-order valence-corrected chi connectivity index (χ3v) is 5.16. The highest BCUT2D eigenvalue weighted by Gasteiger charge is 2.25. The number of amides is 3. The van der Waals surface area contributed by atoms with E-state index in [1.807, 2.05) is 45.0 Å². The Morgan fingerprint density at radius 1 is 1.03 bits per heavy atom. The zero-order valence-corrected chi connectivity index (χ0v) is 17.6. The number of nitrogens with one attached hydrogen (secondary N) is 3. The summed E-state index contributed by atoms with van der Waals surface area (Å²) >= 11 is 1.25. The van der Waals surface area contributed by atoms with Crippen LogP contribution in [0.2, 0.25) is 0 Å². The highest BCUT2D eigenvalue weighted by atomic mass is 32.1. The summed E-state index contributed by atoms with van der Waals surface area (Å²) in [5, 5.41) is 17.0. The van der Waals surface area contributed by atoms with E-state index < -0.39 is 23.8 Å². The second kappa shape index (κ2) is 9.45. The largest absolute Gasteiger partial charge is 0.326 e. The molecule has 1 atom stereocenters. The first-order valence-corrected chi connectivity index (χ1v) is 10.2. The van der Waals surface area contributed by atoms with Crippen LogP contribution >= 0.6 is 11.3 Å². The maximum Gasteiger partial charge on any atom is 0.319 e. The molecule has 0 spiro atoms. The van der Waals surface area contributed by atoms with Gasteiger partial charge in [0.1, 0.15) is 16.9 Å². The Bertz CT molecular complexity index is 1040. The second-order valence-electron chi connectivity index (χ2n) is 7.10. The molecular weight excluding hydrogens is 405 g/mol. The van der Waals surface area contributed by atoms with E-state index in [4.69, 9.17) is 0 Å². The monoisotopic (exact) mass is 427 g/mol. The highest BCUT2D eigenvalue weighted by Crippen LogP contribution is 2.26. The summed E-state index contributed by atoms with van der Waals surface area (Å²) in [5.74, 6) is -1.06. The van der Waals surface area contributed by atoms with Crippen molar-refractivity contribution in [3.63, 3.8) is 0 Å². The predicted octanol–water partition coefficient (Wildman–Crippen LogP) is 4.44. The standard InChI is InChI=1S/C21H22FN5O2S/c1-12(2)17(24-20(29)23-16-6-4-5-15(22)11-16)18(28)25-21-27-26-19(30-21)14-9-7-13(3)8-10-14/h4-12,17H,1-3H3,(H2,23,24,29)(H,25,27,28). The minimum absolute atomic E-state index is 0.187. The molecule has 3 amide bonds. The Kier molecular flexibility index (Phi) is 6.73. The minimum Gasteiger partial charge on any atom is -0.326 e. The van der Waals surface area contributed by atoms with Crippen LogP contribution in [-0.2, 0) is 4.79 Å². The first kappa shape index (κ1) is 21.4. The van der Waals surface area contributed by atoms with Crippen LogP contribution in [0.5, 0.6) is 0 Å². The molecule has 7 nitrogen and oxygen atoms in total. The molecule has 0 radical (unpaired) electrons. The van der Waals surface area contributed by atoms with E-state index in [-0.39, 0.29) is 5.92 Å². The molecule has 0 saturated carbocycles. The number of aromatic nitrogens is 2. The summed E-state index contributed by atoms with van der Waals surface area (Å²) < 4.78 is 13.3. The molecule has 3 N–H and O–H groups in total. The summed E-state index contributed by atoms with van der Waals surface area (Å²) in [4.78, 5) is 25.0. The fraction of sp³-hybridized carbons (Fsp3) is 0.238. The molecule has 0 aliphatic rings. The lowest BCUT2D eigenvalue weighted by atomic mass is 10.0. The van der Waals surface area contributed by atoms with Gasteiger partial charge in [0.15, 0.2) is 0 Å². The summed E-state index contributed by atoms with van der Waals surface area (Å²) in [6.45, 7) is 5.62. The fourth-order valence-electron chi connectivity index (χ4n) is 2.68. The molecule has 156 valence electrons. The van der Waals surface area contributed by atoms with E-state index in [2.05, 4.69) is 26.1 Å². The Morgan fingerprint density at radius 2 is 1.77 bits per heavy atom. The first-order chi connectivity index (χ1) is 14.3. The zero-order valence-electron chi connectivity index (χ0n) is 16.8. The molecule has 2 aromatic carbocycles. The molecule has 1 unspecified atom stereocenters. The summed E-state index contributed by atoms with van der Waals surface area (Å²) in [6, 6.07) is 11.9. The SMILES string of the molecule is Cc1ccc(-c2nnc(NC(=O)C(NC(=O)Nc3cccc(F)c3)C(C)C)s2)cc1. The van der Waals surface area contributed by atoms with Crippen molar-refractivity contribution in [1.29, 1.82) is 0 Å². The Labute approximate surface area is 177 Å². The van der Waals surface area contributed by atoms with Crippen LogP contribution < -0.4 is 16.0 Å². The van der Waals surface area contributed by atoms with Gasteiger partial charge in [0.25, 0.3) is 0 Å². The molecule has 1 aromatic heterocycles. The summed E-state index contributed by atoms with van der Waals surface area (Å²) in [5.41, 5.74) is 2.34. The van der Waals surface area contributed by atoms with Gasteiger partial charge in [0.05, 0.1) is 0 Å². The van der Waals surface area contributed by atoms with Crippen molar-refractivity contribution in [3.8, 4) is 10.6 Å². The maximum absolute atomic E-state index is 13.3. The lowest BCUT2D eigenvalue weighted by molar-refractivity contribution is -0.118. The molecular formula is C21H22FN5O2S. The van der Waals surface area contributed by atoms with Crippen LogP contribution in [0.1, 0.15) is 19.4 Å². The molecule has 0 bridgehead atoms. The number of carbonyl (C=O) groups is 2. The van der Waals surface area contributed by atoms with Gasteiger partial charge in [-0.25, -0.2) is 9.18 Å². The normalized spacial score (nSPS) is 11.8. The number of hydrogen-bond donors (Lipinski definition) is 3. The van der Waals surface area contributed by atoms with Crippen molar-refractivity contribution in [2.45, 2.75) is 26.8 Å². The molecule has 0 aliphatic carbocycles. The average molecular weight is 428 g/mol. The summed E-state index contributed by atoms with van der Waals surface area (Å²) in [7, 11) is 0. The number of anilines is 2. The van der Waals surface area contributed by atoms with Crippen LogP contribution in [-0.4, -0.2) is 28.2 Å². The van der Waals surface area contributed by atoms with E-state index in [9.17, 15) is 14.0 Å². The lowest BCUT2D eigenvalue weighted by Crippen LogP contribution is -2.48. The second-order valence-corrected chi connectivity index (χ2v) is 8.08. The van der Waals surface area contributed by atoms with E-state index in [0.717, 1.165) is 11.1 Å². The molecule has 3 aromatic rings. The molecule has 0 saturated heterocycles. The third-order valence-electron chi connectivity index (χ3n) is 4.27. The van der Waals surface area contributed by atoms with Crippen molar-refractivity contribution in [3.05, 3.63) is 59.9 Å². The quantitative estimate of drug-likeness (QED) is 0.542. The number of halogens is 1. The Morgan fingerprint density at radius 3 is 2.43 bits per heavy atom. The number of hydrogen-bond acceptors (Lipinski definition) is 5. The van der Waals surface area contributed by atoms with Crippen LogP contribution in [0.25, 0.3) is 10.6 Å². The number of aryl methyl sites for hydroxylation is 1. The van der Waals surface area contributed by atoms with Crippen molar-refractivity contribution in [2.75, 3.05) is 10.6 Å². The van der Waals surface area contributed by atoms with Gasteiger partial charge < -0.3 is 10.6 Å². The maximum atomic E-state index is 13.3. The Hall–Kier alpha value is -3.33. The van der Waals surface area contributed by atoms with Crippen molar-refractivity contribution in [1.82, 2.24) is 15.5 Å². The molecule has 0 aliphatic heterocycles. The number of carbonyl (C=O) groups excluding carboxylic acids is 2. The number of rotatable bonds is 6. The van der Waals surface area contributed by atoms with Gasteiger partial charge in [0, 0.05) is 11.3 Å². The van der Waals surface area contributed by atoms with Crippen LogP contribution in [0.4, 0.5) is 20.0 Å². The predicted molar refractivity (Wildman–Crippen MR) is 116 cm³/mol. The van der Waals surface area contributed by atoms with Crippen molar-refractivity contribution >= 4 is 34.1 Å². The van der Waals surface area contributed by atoms with E-state index >= 15 is 0 Å². The van der Waals surface area contributed by atoms with Gasteiger partial charge in [-0.05, 0) is 31.0 Å². The topological polar surface area (TPSA) is 96.0 Å². The van der Waals surface area contributed by atoms with E-state index in [0.29, 0.717) is 15.8 Å². The van der Waals surface area contributed by atoms with Crippen molar-refractivity contribution in [2.24, 2.45) is 5.92 Å². The fourth-order valence-corrected chi connectivity index (χ4v) is 3.43. The number of benzene rings is 2. The van der Waals surface area contributed by atoms with Gasteiger partial charge in [-0.3, -0.25) is 10.1 Å².